The molecule has 0 saturated carbocycles. The van der Waals surface area contributed by atoms with Gasteiger partial charge < -0.3 is 10.1 Å². The molecular formula is C24H25FN2O4S. The zero-order valence-electron chi connectivity index (χ0n) is 17.7. The number of anilines is 1. The van der Waals surface area contributed by atoms with Crippen LogP contribution in [0.2, 0.25) is 0 Å². The smallest absolute Gasteiger partial charge is 0.264 e. The lowest BCUT2D eigenvalue weighted by atomic mass is 10.1. The van der Waals surface area contributed by atoms with Gasteiger partial charge in [-0.2, -0.15) is 0 Å². The number of halogens is 1. The molecule has 0 saturated heterocycles. The van der Waals surface area contributed by atoms with Crippen LogP contribution in [0.25, 0.3) is 0 Å². The van der Waals surface area contributed by atoms with Crippen LogP contribution >= 0.6 is 0 Å². The highest BCUT2D eigenvalue weighted by Crippen LogP contribution is 2.23. The van der Waals surface area contributed by atoms with E-state index in [4.69, 9.17) is 4.74 Å². The van der Waals surface area contributed by atoms with E-state index < -0.39 is 28.3 Å². The van der Waals surface area contributed by atoms with E-state index in [1.807, 2.05) is 24.3 Å². The topological polar surface area (TPSA) is 75.7 Å². The molecule has 3 rings (SSSR count). The number of ether oxygens (including phenoxy) is 1. The van der Waals surface area contributed by atoms with Crippen molar-refractivity contribution in [2.24, 2.45) is 0 Å². The number of nitrogens with zero attached hydrogens (tertiary/aromatic N) is 1. The summed E-state index contributed by atoms with van der Waals surface area (Å²) >= 11 is 0. The number of carbonyl (C=O) groups excluding carboxylic acids is 1. The third-order valence-corrected chi connectivity index (χ3v) is 6.62. The van der Waals surface area contributed by atoms with Gasteiger partial charge in [0.1, 0.15) is 18.1 Å². The first-order chi connectivity index (χ1) is 15.4. The minimum absolute atomic E-state index is 0.0511. The van der Waals surface area contributed by atoms with Crippen LogP contribution in [-0.4, -0.2) is 34.5 Å². The van der Waals surface area contributed by atoms with Crippen molar-refractivity contribution in [3.05, 3.63) is 90.2 Å². The summed E-state index contributed by atoms with van der Waals surface area (Å²) in [5, 5.41) is 2.77. The van der Waals surface area contributed by atoms with Crippen molar-refractivity contribution in [3.8, 4) is 5.75 Å². The maximum atomic E-state index is 13.4. The van der Waals surface area contributed by atoms with Gasteiger partial charge in [0.2, 0.25) is 5.91 Å². The molecule has 168 valence electrons. The number of methoxy groups -OCH3 is 1. The molecule has 0 heterocycles. The molecule has 0 spiro atoms. The average Bonchev–Trinajstić information content (AvgIpc) is 2.81. The van der Waals surface area contributed by atoms with Crippen LogP contribution in [0.15, 0.2) is 83.8 Å². The first-order valence-electron chi connectivity index (χ1n) is 10.1. The van der Waals surface area contributed by atoms with E-state index in [0.717, 1.165) is 34.2 Å². The molecule has 0 aliphatic rings. The highest BCUT2D eigenvalue weighted by molar-refractivity contribution is 7.92. The molecule has 0 fully saturated rings. The van der Waals surface area contributed by atoms with E-state index >= 15 is 0 Å². The Balaban J connectivity index is 1.66. The van der Waals surface area contributed by atoms with E-state index in [-0.39, 0.29) is 10.6 Å². The molecule has 1 amide bonds. The molecule has 3 aromatic rings. The number of sulfonamides is 1. The fourth-order valence-corrected chi connectivity index (χ4v) is 4.62. The number of amides is 1. The quantitative estimate of drug-likeness (QED) is 0.471. The molecule has 6 nitrogen and oxygen atoms in total. The van der Waals surface area contributed by atoms with E-state index in [2.05, 4.69) is 5.32 Å². The molecule has 0 unspecified atom stereocenters. The molecule has 1 N–H and O–H groups in total. The largest absolute Gasteiger partial charge is 0.497 e. The monoisotopic (exact) mass is 456 g/mol. The fourth-order valence-electron chi connectivity index (χ4n) is 3.18. The van der Waals surface area contributed by atoms with Crippen molar-refractivity contribution in [3.63, 3.8) is 0 Å². The third-order valence-electron chi connectivity index (χ3n) is 4.83. The maximum Gasteiger partial charge on any atom is 0.264 e. The van der Waals surface area contributed by atoms with Crippen molar-refractivity contribution in [1.82, 2.24) is 5.32 Å². The van der Waals surface area contributed by atoms with Gasteiger partial charge in [0.05, 0.1) is 17.7 Å². The van der Waals surface area contributed by atoms with Gasteiger partial charge in [-0.15, -0.1) is 0 Å². The summed E-state index contributed by atoms with van der Waals surface area (Å²) in [7, 11) is -2.40. The summed E-state index contributed by atoms with van der Waals surface area (Å²) in [6.07, 6.45) is 1.42. The molecule has 0 aliphatic carbocycles. The lowest BCUT2D eigenvalue weighted by Gasteiger charge is -2.24. The zero-order chi connectivity index (χ0) is 23.0. The Morgan fingerprint density at radius 3 is 2.41 bits per heavy atom. The van der Waals surface area contributed by atoms with E-state index in [1.54, 1.807) is 25.3 Å². The summed E-state index contributed by atoms with van der Waals surface area (Å²) in [6, 6.07) is 20.5. The number of rotatable bonds is 10. The van der Waals surface area contributed by atoms with Gasteiger partial charge in [-0.3, -0.25) is 9.10 Å². The van der Waals surface area contributed by atoms with Gasteiger partial charge in [0.15, 0.2) is 0 Å². The minimum Gasteiger partial charge on any atom is -0.497 e. The minimum atomic E-state index is -4.01. The van der Waals surface area contributed by atoms with Gasteiger partial charge in [-0.1, -0.05) is 30.3 Å². The summed E-state index contributed by atoms with van der Waals surface area (Å²) in [4.78, 5) is 12.6. The summed E-state index contributed by atoms with van der Waals surface area (Å²) in [5.41, 5.74) is 1.29. The fraction of sp³-hybridized carbons (Fsp3) is 0.208. The number of carbonyl (C=O) groups is 1. The van der Waals surface area contributed by atoms with Crippen molar-refractivity contribution < 1.29 is 22.3 Å². The lowest BCUT2D eigenvalue weighted by molar-refractivity contribution is -0.119. The number of hydrogen-bond acceptors (Lipinski definition) is 4. The van der Waals surface area contributed by atoms with E-state index in [9.17, 15) is 17.6 Å². The molecule has 0 bridgehead atoms. The van der Waals surface area contributed by atoms with E-state index in [1.165, 1.54) is 24.3 Å². The van der Waals surface area contributed by atoms with Crippen LogP contribution in [0.5, 0.6) is 5.75 Å². The number of nitrogens with one attached hydrogen (secondary N) is 1. The van der Waals surface area contributed by atoms with Gasteiger partial charge in [0.25, 0.3) is 10.0 Å². The van der Waals surface area contributed by atoms with Crippen LogP contribution in [0, 0.1) is 5.82 Å². The molecule has 8 heteroatoms. The Hall–Kier alpha value is -3.39. The Bertz CT molecular complexity index is 1140. The predicted octanol–water partition coefficient (Wildman–Crippen LogP) is 3.78. The highest BCUT2D eigenvalue weighted by Gasteiger charge is 2.27. The Kier molecular flexibility index (Phi) is 7.83. The van der Waals surface area contributed by atoms with Crippen LogP contribution < -0.4 is 14.4 Å². The summed E-state index contributed by atoms with van der Waals surface area (Å²) in [6.45, 7) is -0.0271. The molecule has 0 aliphatic heterocycles. The predicted molar refractivity (Wildman–Crippen MR) is 122 cm³/mol. The summed E-state index contributed by atoms with van der Waals surface area (Å²) in [5.74, 6) is -0.167. The van der Waals surface area contributed by atoms with Crippen molar-refractivity contribution in [2.75, 3.05) is 24.5 Å². The second-order valence-corrected chi connectivity index (χ2v) is 8.97. The molecule has 0 radical (unpaired) electrons. The number of hydrogen-bond donors (Lipinski definition) is 1. The molecular weight excluding hydrogens is 431 g/mol. The van der Waals surface area contributed by atoms with Crippen molar-refractivity contribution >= 4 is 21.6 Å². The van der Waals surface area contributed by atoms with Crippen LogP contribution in [0.1, 0.15) is 12.0 Å². The van der Waals surface area contributed by atoms with Gasteiger partial charge in [-0.25, -0.2) is 12.8 Å². The van der Waals surface area contributed by atoms with Gasteiger partial charge in [0, 0.05) is 6.54 Å². The molecule has 0 aromatic heterocycles. The third kappa shape index (κ3) is 6.07. The number of aryl methyl sites for hydroxylation is 1. The van der Waals surface area contributed by atoms with Crippen LogP contribution in [0.3, 0.4) is 0 Å². The van der Waals surface area contributed by atoms with Gasteiger partial charge in [-0.05, 0) is 66.9 Å². The van der Waals surface area contributed by atoms with Crippen molar-refractivity contribution in [2.45, 2.75) is 17.7 Å². The Labute approximate surface area is 187 Å². The average molecular weight is 457 g/mol. The number of benzene rings is 3. The molecule has 0 atom stereocenters. The van der Waals surface area contributed by atoms with Crippen LogP contribution in [-0.2, 0) is 21.2 Å². The van der Waals surface area contributed by atoms with Crippen LogP contribution in [0.4, 0.5) is 10.1 Å². The Morgan fingerprint density at radius 1 is 1.00 bits per heavy atom. The second kappa shape index (κ2) is 10.8. The first-order valence-corrected chi connectivity index (χ1v) is 11.6. The summed E-state index contributed by atoms with van der Waals surface area (Å²) < 4.78 is 45.9. The lowest BCUT2D eigenvalue weighted by Crippen LogP contribution is -2.41. The normalized spacial score (nSPS) is 11.1. The first kappa shape index (κ1) is 23.3. The second-order valence-electron chi connectivity index (χ2n) is 7.11. The highest BCUT2D eigenvalue weighted by atomic mass is 32.2. The van der Waals surface area contributed by atoms with E-state index in [0.29, 0.717) is 13.0 Å². The standard InChI is InChI=1S/C24H25FN2O4S/c1-31-22-9-5-7-19(17-22)8-6-16-26-24(28)18-27(21-14-12-20(25)13-15-21)32(29,30)23-10-3-2-4-11-23/h2-5,7,9-15,17H,6,8,16,18H2,1H3,(H,26,28). The zero-order valence-corrected chi connectivity index (χ0v) is 18.5. The molecule has 32 heavy (non-hydrogen) atoms. The maximum absolute atomic E-state index is 13.4. The SMILES string of the molecule is COc1cccc(CCCNC(=O)CN(c2ccc(F)cc2)S(=O)(=O)c2ccccc2)c1. The molecule has 3 aromatic carbocycles. The van der Waals surface area contributed by atoms with Gasteiger partial charge >= 0.3 is 0 Å². The Morgan fingerprint density at radius 2 is 1.72 bits per heavy atom. The van der Waals surface area contributed by atoms with Crippen molar-refractivity contribution in [1.29, 1.82) is 0 Å².